The Hall–Kier alpha value is 0.230. The van der Waals surface area contributed by atoms with Crippen LogP contribution >= 0.6 is 11.8 Å². The molecule has 3 aliphatic heterocycles. The monoisotopic (exact) mass is 255 g/mol. The fraction of sp³-hybridized carbons (Fsp3) is 1.00. The van der Waals surface area contributed by atoms with E-state index in [0.29, 0.717) is 0 Å². The Morgan fingerprint density at radius 2 is 1.59 bits per heavy atom. The Morgan fingerprint density at radius 3 is 2.35 bits per heavy atom. The van der Waals surface area contributed by atoms with Crippen LogP contribution < -0.4 is 5.32 Å². The molecule has 1 N–H and O–H groups in total. The van der Waals surface area contributed by atoms with Gasteiger partial charge in [-0.2, -0.15) is 11.8 Å². The predicted octanol–water partition coefficient (Wildman–Crippen LogP) is 0.862. The van der Waals surface area contributed by atoms with Gasteiger partial charge in [0.15, 0.2) is 0 Å². The van der Waals surface area contributed by atoms with Crippen molar-refractivity contribution >= 4 is 11.8 Å². The van der Waals surface area contributed by atoms with Crippen LogP contribution in [0.5, 0.6) is 0 Å². The van der Waals surface area contributed by atoms with Gasteiger partial charge in [0.25, 0.3) is 0 Å². The SMILES string of the molecule is C1CN(C2CCN(C3CCSCC3)C2)CCN1. The number of hydrogen-bond donors (Lipinski definition) is 1. The van der Waals surface area contributed by atoms with Crippen LogP contribution in [0.3, 0.4) is 0 Å². The molecular weight excluding hydrogens is 230 g/mol. The summed E-state index contributed by atoms with van der Waals surface area (Å²) in [5.74, 6) is 2.78. The van der Waals surface area contributed by atoms with E-state index in [0.717, 1.165) is 12.1 Å². The van der Waals surface area contributed by atoms with Crippen molar-refractivity contribution in [2.45, 2.75) is 31.3 Å². The first-order valence-corrected chi connectivity index (χ1v) is 8.35. The minimum Gasteiger partial charge on any atom is -0.314 e. The first kappa shape index (κ1) is 12.3. The molecule has 3 nitrogen and oxygen atoms in total. The molecule has 1 unspecified atom stereocenters. The molecule has 3 saturated heterocycles. The van der Waals surface area contributed by atoms with E-state index in [9.17, 15) is 0 Å². The summed E-state index contributed by atoms with van der Waals surface area (Å²) < 4.78 is 0. The molecule has 3 aliphatic rings. The number of nitrogens with zero attached hydrogens (tertiary/aromatic N) is 2. The summed E-state index contributed by atoms with van der Waals surface area (Å²) in [5, 5.41) is 3.45. The molecule has 0 aliphatic carbocycles. The number of rotatable bonds is 2. The van der Waals surface area contributed by atoms with E-state index in [2.05, 4.69) is 26.9 Å². The van der Waals surface area contributed by atoms with E-state index in [-0.39, 0.29) is 0 Å². The normalized spacial score (nSPS) is 34.2. The van der Waals surface area contributed by atoms with Gasteiger partial charge < -0.3 is 5.32 Å². The van der Waals surface area contributed by atoms with Gasteiger partial charge in [0.05, 0.1) is 0 Å². The molecule has 0 bridgehead atoms. The van der Waals surface area contributed by atoms with Crippen molar-refractivity contribution < 1.29 is 0 Å². The van der Waals surface area contributed by atoms with Crippen LogP contribution in [0.15, 0.2) is 0 Å². The second-order valence-electron chi connectivity index (χ2n) is 5.57. The fourth-order valence-corrected chi connectivity index (χ4v) is 4.58. The smallest absolute Gasteiger partial charge is 0.0236 e. The largest absolute Gasteiger partial charge is 0.314 e. The maximum absolute atomic E-state index is 3.45. The first-order valence-electron chi connectivity index (χ1n) is 7.20. The number of hydrogen-bond acceptors (Lipinski definition) is 4. The summed E-state index contributed by atoms with van der Waals surface area (Å²) in [6.45, 7) is 7.60. The lowest BCUT2D eigenvalue weighted by atomic mass is 10.1. The average Bonchev–Trinajstić information content (AvgIpc) is 2.90. The quantitative estimate of drug-likeness (QED) is 0.788. The molecular formula is C13H25N3S. The van der Waals surface area contributed by atoms with Crippen LogP contribution in [0.4, 0.5) is 0 Å². The van der Waals surface area contributed by atoms with Gasteiger partial charge in [-0.25, -0.2) is 0 Å². The highest BCUT2D eigenvalue weighted by atomic mass is 32.2. The van der Waals surface area contributed by atoms with E-state index in [1.165, 1.54) is 70.0 Å². The Morgan fingerprint density at radius 1 is 0.824 bits per heavy atom. The number of likely N-dealkylation sites (tertiary alicyclic amines) is 1. The van der Waals surface area contributed by atoms with Crippen molar-refractivity contribution in [3.63, 3.8) is 0 Å². The lowest BCUT2D eigenvalue weighted by molar-refractivity contribution is 0.156. The highest BCUT2D eigenvalue weighted by Gasteiger charge is 2.32. The van der Waals surface area contributed by atoms with Gasteiger partial charge in [-0.1, -0.05) is 0 Å². The lowest BCUT2D eigenvalue weighted by Crippen LogP contribution is -2.49. The second kappa shape index (κ2) is 5.91. The average molecular weight is 255 g/mol. The lowest BCUT2D eigenvalue weighted by Gasteiger charge is -2.34. The Labute approximate surface area is 109 Å². The van der Waals surface area contributed by atoms with Crippen LogP contribution in [0.1, 0.15) is 19.3 Å². The zero-order chi connectivity index (χ0) is 11.5. The van der Waals surface area contributed by atoms with Crippen LogP contribution in [-0.2, 0) is 0 Å². The summed E-state index contributed by atoms with van der Waals surface area (Å²) in [5.41, 5.74) is 0. The summed E-state index contributed by atoms with van der Waals surface area (Å²) in [6.07, 6.45) is 4.27. The molecule has 0 aromatic carbocycles. The molecule has 0 aromatic heterocycles. The molecule has 17 heavy (non-hydrogen) atoms. The third kappa shape index (κ3) is 2.98. The van der Waals surface area contributed by atoms with Gasteiger partial charge in [0.2, 0.25) is 0 Å². The molecule has 3 heterocycles. The van der Waals surface area contributed by atoms with E-state index >= 15 is 0 Å². The predicted molar refractivity (Wildman–Crippen MR) is 74.8 cm³/mol. The van der Waals surface area contributed by atoms with Gasteiger partial charge in [-0.05, 0) is 30.8 Å². The number of thioether (sulfide) groups is 1. The number of piperazine rings is 1. The van der Waals surface area contributed by atoms with Gasteiger partial charge in [-0.3, -0.25) is 9.80 Å². The van der Waals surface area contributed by atoms with Gasteiger partial charge in [0, 0.05) is 51.4 Å². The molecule has 1 atom stereocenters. The summed E-state index contributed by atoms with van der Waals surface area (Å²) >= 11 is 2.14. The number of nitrogens with one attached hydrogen (secondary N) is 1. The molecule has 3 rings (SSSR count). The standard InChI is InChI=1S/C13H25N3S/c1-6-16(12-2-9-17-10-3-12)11-13(1)15-7-4-14-5-8-15/h12-14H,1-11H2. The van der Waals surface area contributed by atoms with Crippen molar-refractivity contribution in [2.75, 3.05) is 50.8 Å². The van der Waals surface area contributed by atoms with Crippen LogP contribution in [0.2, 0.25) is 0 Å². The zero-order valence-corrected chi connectivity index (χ0v) is 11.6. The summed E-state index contributed by atoms with van der Waals surface area (Å²) in [6, 6.07) is 1.76. The minimum absolute atomic E-state index is 0.853. The molecule has 3 fully saturated rings. The van der Waals surface area contributed by atoms with Crippen LogP contribution in [0.25, 0.3) is 0 Å². The van der Waals surface area contributed by atoms with E-state index in [4.69, 9.17) is 0 Å². The third-order valence-corrected chi connectivity index (χ3v) is 5.62. The van der Waals surface area contributed by atoms with Crippen LogP contribution in [0, 0.1) is 0 Å². The van der Waals surface area contributed by atoms with E-state index in [1.807, 2.05) is 0 Å². The van der Waals surface area contributed by atoms with Crippen LogP contribution in [-0.4, -0.2) is 72.7 Å². The summed E-state index contributed by atoms with van der Waals surface area (Å²) in [4.78, 5) is 5.50. The van der Waals surface area contributed by atoms with Gasteiger partial charge >= 0.3 is 0 Å². The molecule has 0 amide bonds. The fourth-order valence-electron chi connectivity index (χ4n) is 3.50. The maximum atomic E-state index is 3.45. The molecule has 0 radical (unpaired) electrons. The maximum Gasteiger partial charge on any atom is 0.0236 e. The second-order valence-corrected chi connectivity index (χ2v) is 6.79. The molecule has 4 heteroatoms. The zero-order valence-electron chi connectivity index (χ0n) is 10.7. The summed E-state index contributed by atoms with van der Waals surface area (Å²) in [7, 11) is 0. The van der Waals surface area contributed by atoms with Crippen molar-refractivity contribution in [1.29, 1.82) is 0 Å². The van der Waals surface area contributed by atoms with Crippen molar-refractivity contribution in [2.24, 2.45) is 0 Å². The third-order valence-electron chi connectivity index (χ3n) is 4.57. The molecule has 0 aromatic rings. The van der Waals surface area contributed by atoms with E-state index < -0.39 is 0 Å². The highest BCUT2D eigenvalue weighted by molar-refractivity contribution is 7.99. The first-order chi connectivity index (χ1) is 8.43. The topological polar surface area (TPSA) is 18.5 Å². The van der Waals surface area contributed by atoms with Crippen molar-refractivity contribution in [1.82, 2.24) is 15.1 Å². The van der Waals surface area contributed by atoms with Crippen molar-refractivity contribution in [3.05, 3.63) is 0 Å². The molecule has 98 valence electrons. The van der Waals surface area contributed by atoms with Crippen molar-refractivity contribution in [3.8, 4) is 0 Å². The Bertz CT molecular complexity index is 213. The molecule has 0 spiro atoms. The molecule has 0 saturated carbocycles. The minimum atomic E-state index is 0.853. The van der Waals surface area contributed by atoms with Gasteiger partial charge in [-0.15, -0.1) is 0 Å². The Balaban J connectivity index is 1.50. The van der Waals surface area contributed by atoms with Gasteiger partial charge in [0.1, 0.15) is 0 Å². The highest BCUT2D eigenvalue weighted by Crippen LogP contribution is 2.26. The Kier molecular flexibility index (Phi) is 4.27. The van der Waals surface area contributed by atoms with E-state index in [1.54, 1.807) is 0 Å².